The molecule has 1 aromatic heterocycles. The molecule has 0 unspecified atom stereocenters. The van der Waals surface area contributed by atoms with Crippen molar-refractivity contribution in [3.05, 3.63) is 75.5 Å². The number of anilines is 1. The molecule has 9 heteroatoms. The van der Waals surface area contributed by atoms with Gasteiger partial charge in [0.1, 0.15) is 0 Å². The summed E-state index contributed by atoms with van der Waals surface area (Å²) in [4.78, 5) is 40.1. The number of ether oxygens (including phenoxy) is 3. The Morgan fingerprint density at radius 3 is 2.23 bits per heavy atom. The minimum atomic E-state index is -0.776. The van der Waals surface area contributed by atoms with Crippen LogP contribution in [0.1, 0.15) is 38.1 Å². The number of aryl methyl sites for hydroxylation is 1. The third kappa shape index (κ3) is 6.60. The van der Waals surface area contributed by atoms with Gasteiger partial charge in [0.2, 0.25) is 0 Å². The van der Waals surface area contributed by atoms with Crippen molar-refractivity contribution in [2.75, 3.05) is 33.2 Å². The maximum Gasteiger partial charge on any atom is 0.340 e. The Kier molecular flexibility index (Phi) is 8.86. The van der Waals surface area contributed by atoms with Crippen molar-refractivity contribution in [2.45, 2.75) is 19.9 Å². The van der Waals surface area contributed by atoms with Crippen LogP contribution >= 0.6 is 11.3 Å². The third-order valence-corrected chi connectivity index (χ3v) is 6.21. The van der Waals surface area contributed by atoms with Gasteiger partial charge in [-0.2, -0.15) is 0 Å². The van der Waals surface area contributed by atoms with E-state index in [-0.39, 0.29) is 28.8 Å². The van der Waals surface area contributed by atoms with Crippen molar-refractivity contribution in [2.24, 2.45) is 0 Å². The van der Waals surface area contributed by atoms with Crippen LogP contribution in [0.15, 0.2) is 53.9 Å². The molecule has 0 aliphatic heterocycles. The lowest BCUT2D eigenvalue weighted by Crippen LogP contribution is -2.31. The molecule has 0 aliphatic carbocycles. The predicted molar refractivity (Wildman–Crippen MR) is 134 cm³/mol. The molecule has 2 aromatic carbocycles. The quantitative estimate of drug-likeness (QED) is 0.418. The minimum absolute atomic E-state index is 0.0400. The van der Waals surface area contributed by atoms with Crippen LogP contribution in [0.25, 0.3) is 0 Å². The fraction of sp³-hybridized carbons (Fsp3) is 0.269. The molecule has 0 bridgehead atoms. The van der Waals surface area contributed by atoms with Crippen molar-refractivity contribution >= 4 is 34.8 Å². The lowest BCUT2D eigenvalue weighted by Gasteiger charge is -2.18. The molecular formula is C26H28N2O6S. The van der Waals surface area contributed by atoms with Crippen molar-refractivity contribution < 1.29 is 28.6 Å². The van der Waals surface area contributed by atoms with Crippen molar-refractivity contribution in [1.29, 1.82) is 0 Å². The summed E-state index contributed by atoms with van der Waals surface area (Å²) in [5.74, 6) is -0.904. The summed E-state index contributed by atoms with van der Waals surface area (Å²) >= 11 is 1.27. The van der Waals surface area contributed by atoms with Crippen molar-refractivity contribution in [3.63, 3.8) is 0 Å². The van der Waals surface area contributed by atoms with E-state index in [2.05, 4.69) is 12.2 Å². The average molecular weight is 497 g/mol. The van der Waals surface area contributed by atoms with E-state index in [1.807, 2.05) is 24.3 Å². The molecule has 1 heterocycles. The number of nitrogens with zero attached hydrogens (tertiary/aromatic N) is 1. The molecule has 1 N–H and O–H groups in total. The summed E-state index contributed by atoms with van der Waals surface area (Å²) in [7, 11) is 4.53. The zero-order chi connectivity index (χ0) is 25.4. The lowest BCUT2D eigenvalue weighted by molar-refractivity contribution is -0.133. The number of hydrogen-bond donors (Lipinski definition) is 1. The molecule has 0 saturated heterocycles. The van der Waals surface area contributed by atoms with Crippen LogP contribution in [0.4, 0.5) is 5.69 Å². The summed E-state index contributed by atoms with van der Waals surface area (Å²) in [5.41, 5.74) is 2.41. The number of hydrogen-bond acceptors (Lipinski definition) is 7. The largest absolute Gasteiger partial charge is 0.493 e. The molecule has 0 aliphatic rings. The van der Waals surface area contributed by atoms with Crippen LogP contribution in [-0.2, 0) is 22.5 Å². The zero-order valence-electron chi connectivity index (χ0n) is 20.1. The normalized spacial score (nSPS) is 10.4. The Hall–Kier alpha value is -3.85. The van der Waals surface area contributed by atoms with E-state index in [1.54, 1.807) is 24.6 Å². The van der Waals surface area contributed by atoms with E-state index in [0.29, 0.717) is 17.2 Å². The first kappa shape index (κ1) is 25.8. The fourth-order valence-electron chi connectivity index (χ4n) is 3.30. The molecule has 3 aromatic rings. The Bertz CT molecular complexity index is 1180. The fourth-order valence-corrected chi connectivity index (χ4v) is 3.92. The van der Waals surface area contributed by atoms with Gasteiger partial charge in [0.15, 0.2) is 18.1 Å². The summed E-state index contributed by atoms with van der Waals surface area (Å²) in [6.07, 6.45) is 0.941. The highest BCUT2D eigenvalue weighted by Gasteiger charge is 2.22. The Morgan fingerprint density at radius 1 is 0.971 bits per heavy atom. The summed E-state index contributed by atoms with van der Waals surface area (Å²) in [6.45, 7) is 2.02. The van der Waals surface area contributed by atoms with Crippen LogP contribution < -0.4 is 14.8 Å². The highest BCUT2D eigenvalue weighted by molar-refractivity contribution is 7.12. The first-order valence-corrected chi connectivity index (χ1v) is 11.8. The summed E-state index contributed by atoms with van der Waals surface area (Å²) in [6, 6.07) is 14.3. The molecule has 184 valence electrons. The SMILES string of the molecule is CCc1ccc(CN(C)C(=O)COC(=O)c2cc(OC)c(OC)cc2NC(=O)c2cccs2)cc1. The number of thiophene rings is 1. The van der Waals surface area contributed by atoms with E-state index >= 15 is 0 Å². The smallest absolute Gasteiger partial charge is 0.340 e. The van der Waals surface area contributed by atoms with Crippen LogP contribution in [0.3, 0.4) is 0 Å². The van der Waals surface area contributed by atoms with Crippen LogP contribution in [0, 0.1) is 0 Å². The van der Waals surface area contributed by atoms with E-state index in [9.17, 15) is 14.4 Å². The second-order valence-electron chi connectivity index (χ2n) is 7.68. The number of carbonyl (C=O) groups excluding carboxylic acids is 3. The molecule has 35 heavy (non-hydrogen) atoms. The Labute approximate surface area is 208 Å². The van der Waals surface area contributed by atoms with Gasteiger partial charge < -0.3 is 24.4 Å². The average Bonchev–Trinajstić information content (AvgIpc) is 3.42. The van der Waals surface area contributed by atoms with Gasteiger partial charge in [0, 0.05) is 25.7 Å². The van der Waals surface area contributed by atoms with Gasteiger partial charge >= 0.3 is 5.97 Å². The highest BCUT2D eigenvalue weighted by atomic mass is 32.1. The molecule has 0 radical (unpaired) electrons. The zero-order valence-corrected chi connectivity index (χ0v) is 20.9. The Morgan fingerprint density at radius 2 is 1.63 bits per heavy atom. The van der Waals surface area contributed by atoms with Crippen LogP contribution in [-0.4, -0.2) is 50.6 Å². The molecule has 0 fully saturated rings. The van der Waals surface area contributed by atoms with Gasteiger partial charge in [0.25, 0.3) is 11.8 Å². The number of likely N-dealkylation sites (N-methyl/N-ethyl adjacent to an activating group) is 1. The molecule has 2 amide bonds. The number of methoxy groups -OCH3 is 2. The number of nitrogens with one attached hydrogen (secondary N) is 1. The van der Waals surface area contributed by atoms with Gasteiger partial charge in [-0.3, -0.25) is 9.59 Å². The number of esters is 1. The first-order valence-electron chi connectivity index (χ1n) is 11.0. The van der Waals surface area contributed by atoms with Gasteiger partial charge in [-0.1, -0.05) is 37.3 Å². The standard InChI is InChI=1S/C26H28N2O6S/c1-5-17-8-10-18(11-9-17)15-28(2)24(29)16-34-26(31)19-13-21(32-3)22(33-4)14-20(19)27-25(30)23-7-6-12-35-23/h6-14H,5,15-16H2,1-4H3,(H,27,30). The number of carbonyl (C=O) groups is 3. The molecule has 8 nitrogen and oxygen atoms in total. The second-order valence-corrected chi connectivity index (χ2v) is 8.63. The minimum Gasteiger partial charge on any atom is -0.493 e. The maximum absolute atomic E-state index is 12.9. The summed E-state index contributed by atoms with van der Waals surface area (Å²) in [5, 5.41) is 4.49. The first-order chi connectivity index (χ1) is 16.9. The topological polar surface area (TPSA) is 94.2 Å². The van der Waals surface area contributed by atoms with Gasteiger partial charge in [-0.05, 0) is 29.0 Å². The second kappa shape index (κ2) is 12.0. The van der Waals surface area contributed by atoms with Gasteiger partial charge in [-0.25, -0.2) is 4.79 Å². The molecule has 0 spiro atoms. The van der Waals surface area contributed by atoms with Gasteiger partial charge in [-0.15, -0.1) is 11.3 Å². The molecule has 0 atom stereocenters. The van der Waals surface area contributed by atoms with Crippen LogP contribution in [0.5, 0.6) is 11.5 Å². The van der Waals surface area contributed by atoms with Crippen molar-refractivity contribution in [3.8, 4) is 11.5 Å². The van der Waals surface area contributed by atoms with E-state index in [4.69, 9.17) is 14.2 Å². The third-order valence-electron chi connectivity index (χ3n) is 5.34. The Balaban J connectivity index is 1.71. The number of amides is 2. The summed E-state index contributed by atoms with van der Waals surface area (Å²) < 4.78 is 15.9. The molecule has 0 saturated carbocycles. The maximum atomic E-state index is 12.9. The van der Waals surface area contributed by atoms with E-state index in [1.165, 1.54) is 48.2 Å². The van der Waals surface area contributed by atoms with E-state index in [0.717, 1.165) is 12.0 Å². The van der Waals surface area contributed by atoms with Gasteiger partial charge in [0.05, 0.1) is 30.3 Å². The lowest BCUT2D eigenvalue weighted by atomic mass is 10.1. The monoisotopic (exact) mass is 496 g/mol. The number of benzene rings is 2. The number of rotatable bonds is 10. The van der Waals surface area contributed by atoms with E-state index < -0.39 is 12.6 Å². The van der Waals surface area contributed by atoms with Crippen molar-refractivity contribution in [1.82, 2.24) is 4.90 Å². The van der Waals surface area contributed by atoms with Crippen LogP contribution in [0.2, 0.25) is 0 Å². The highest BCUT2D eigenvalue weighted by Crippen LogP contribution is 2.34. The predicted octanol–water partition coefficient (Wildman–Crippen LogP) is 4.40. The molecule has 3 rings (SSSR count). The molecular weight excluding hydrogens is 468 g/mol.